The number of hydrogen-bond acceptors (Lipinski definition) is 6. The van der Waals surface area contributed by atoms with E-state index in [1.165, 1.54) is 0 Å². The van der Waals surface area contributed by atoms with Crippen molar-refractivity contribution in [2.45, 2.75) is 38.8 Å². The summed E-state index contributed by atoms with van der Waals surface area (Å²) in [6.45, 7) is 5.01. The van der Waals surface area contributed by atoms with E-state index in [0.29, 0.717) is 32.8 Å². The van der Waals surface area contributed by atoms with Crippen LogP contribution in [-0.4, -0.2) is 56.0 Å². The van der Waals surface area contributed by atoms with E-state index in [-0.39, 0.29) is 18.9 Å². The number of furan rings is 1. The molecule has 1 aromatic carbocycles. The van der Waals surface area contributed by atoms with Crippen molar-refractivity contribution in [3.8, 4) is 11.5 Å². The van der Waals surface area contributed by atoms with Crippen molar-refractivity contribution in [1.82, 2.24) is 15.5 Å². The number of ether oxygens (including phenoxy) is 3. The van der Waals surface area contributed by atoms with Crippen LogP contribution < -0.4 is 20.1 Å². The van der Waals surface area contributed by atoms with Gasteiger partial charge in [0.2, 0.25) is 6.79 Å². The van der Waals surface area contributed by atoms with E-state index in [9.17, 15) is 4.79 Å². The Labute approximate surface area is 187 Å². The minimum atomic E-state index is -0.237. The summed E-state index contributed by atoms with van der Waals surface area (Å²) < 4.78 is 21.4. The van der Waals surface area contributed by atoms with Gasteiger partial charge in [0.1, 0.15) is 5.76 Å². The van der Waals surface area contributed by atoms with Gasteiger partial charge in [-0.1, -0.05) is 6.07 Å². The lowest BCUT2D eigenvalue weighted by Crippen LogP contribution is -2.50. The third-order valence-electron chi connectivity index (χ3n) is 5.46. The summed E-state index contributed by atoms with van der Waals surface area (Å²) in [7, 11) is 0. The zero-order valence-corrected chi connectivity index (χ0v) is 18.3. The number of carbonyl (C=O) groups excluding carboxylic acids is 1. The van der Waals surface area contributed by atoms with Crippen LogP contribution in [0.3, 0.4) is 0 Å². The summed E-state index contributed by atoms with van der Waals surface area (Å²) in [6, 6.07) is 9.95. The average Bonchev–Trinajstić information content (AvgIpc) is 3.49. The molecule has 172 valence electrons. The summed E-state index contributed by atoms with van der Waals surface area (Å²) in [5.41, 5.74) is 1.04. The molecule has 3 heterocycles. The topological polar surface area (TPSA) is 97.6 Å². The summed E-state index contributed by atoms with van der Waals surface area (Å²) >= 11 is 0. The Morgan fingerprint density at radius 2 is 2.06 bits per heavy atom. The largest absolute Gasteiger partial charge is 0.469 e. The fourth-order valence-corrected chi connectivity index (χ4v) is 3.74. The van der Waals surface area contributed by atoms with Crippen LogP contribution in [0.1, 0.15) is 31.1 Å². The third kappa shape index (κ3) is 5.87. The van der Waals surface area contributed by atoms with Gasteiger partial charge in [0.15, 0.2) is 17.5 Å². The van der Waals surface area contributed by atoms with E-state index >= 15 is 0 Å². The highest BCUT2D eigenvalue weighted by molar-refractivity contribution is 5.80. The lowest BCUT2D eigenvalue weighted by atomic mass is 10.1. The Hall–Kier alpha value is -3.36. The molecule has 4 rings (SSSR count). The lowest BCUT2D eigenvalue weighted by Gasteiger charge is -2.32. The first-order valence-electron chi connectivity index (χ1n) is 11.1. The number of rotatable bonds is 7. The summed E-state index contributed by atoms with van der Waals surface area (Å²) in [5, 5.41) is 6.92. The van der Waals surface area contributed by atoms with Gasteiger partial charge < -0.3 is 34.2 Å². The van der Waals surface area contributed by atoms with E-state index in [0.717, 1.165) is 48.0 Å². The molecule has 0 spiro atoms. The second-order valence-electron chi connectivity index (χ2n) is 7.71. The van der Waals surface area contributed by atoms with Crippen molar-refractivity contribution in [3.63, 3.8) is 0 Å². The fourth-order valence-electron chi connectivity index (χ4n) is 3.74. The highest BCUT2D eigenvalue weighted by Gasteiger charge is 2.24. The molecule has 2 aliphatic heterocycles. The molecule has 0 atom stereocenters. The molecule has 1 fully saturated rings. The van der Waals surface area contributed by atoms with Crippen LogP contribution in [0.5, 0.6) is 11.5 Å². The predicted molar refractivity (Wildman–Crippen MR) is 119 cm³/mol. The molecule has 1 saturated heterocycles. The Bertz CT molecular complexity index is 907. The maximum absolute atomic E-state index is 11.9. The molecular formula is C23H30N4O5. The van der Waals surface area contributed by atoms with Crippen molar-refractivity contribution in [2.75, 3.05) is 33.0 Å². The SMILES string of the molecule is CCOC(=O)N1CCC(NC(=NCc2ccc3c(c2)OCO3)NCCc2ccco2)CC1. The second kappa shape index (κ2) is 10.8. The standard InChI is InChI=1S/C23H30N4O5/c1-2-29-23(28)27-11-8-18(9-12-27)26-22(24-10-7-19-4-3-13-30-19)25-15-17-5-6-20-21(14-17)32-16-31-20/h3-6,13-14,18H,2,7-12,15-16H2,1H3,(H2,24,25,26). The van der Waals surface area contributed by atoms with E-state index < -0.39 is 0 Å². The van der Waals surface area contributed by atoms with E-state index in [2.05, 4.69) is 10.6 Å². The number of amides is 1. The van der Waals surface area contributed by atoms with E-state index in [1.807, 2.05) is 37.3 Å². The molecule has 2 aliphatic rings. The summed E-state index contributed by atoms with van der Waals surface area (Å²) in [5.74, 6) is 3.18. The number of aliphatic imine (C=N–C) groups is 1. The number of carbonyl (C=O) groups is 1. The van der Waals surface area contributed by atoms with Crippen molar-refractivity contribution in [3.05, 3.63) is 47.9 Å². The number of benzene rings is 1. The molecule has 2 aromatic rings. The van der Waals surface area contributed by atoms with Crippen molar-refractivity contribution >= 4 is 12.1 Å². The highest BCUT2D eigenvalue weighted by atomic mass is 16.7. The first-order chi connectivity index (χ1) is 15.7. The summed E-state index contributed by atoms with van der Waals surface area (Å²) in [4.78, 5) is 18.5. The molecule has 0 saturated carbocycles. The van der Waals surface area contributed by atoms with Gasteiger partial charge >= 0.3 is 6.09 Å². The van der Waals surface area contributed by atoms with Gasteiger partial charge in [-0.05, 0) is 49.6 Å². The van der Waals surface area contributed by atoms with Crippen LogP contribution in [0.15, 0.2) is 46.0 Å². The number of likely N-dealkylation sites (tertiary alicyclic amines) is 1. The maximum atomic E-state index is 11.9. The predicted octanol–water partition coefficient (Wildman–Crippen LogP) is 2.91. The van der Waals surface area contributed by atoms with Gasteiger partial charge in [0, 0.05) is 32.1 Å². The molecule has 1 aromatic heterocycles. The van der Waals surface area contributed by atoms with Gasteiger partial charge in [-0.15, -0.1) is 0 Å². The molecule has 0 radical (unpaired) electrons. The Morgan fingerprint density at radius 1 is 1.22 bits per heavy atom. The molecule has 1 amide bonds. The van der Waals surface area contributed by atoms with E-state index in [1.54, 1.807) is 11.2 Å². The molecule has 9 nitrogen and oxygen atoms in total. The normalized spacial score (nSPS) is 16.2. The minimum absolute atomic E-state index is 0.229. The van der Waals surface area contributed by atoms with Crippen LogP contribution >= 0.6 is 0 Å². The first kappa shape index (κ1) is 21.9. The quantitative estimate of drug-likeness (QED) is 0.503. The molecule has 0 aliphatic carbocycles. The molecule has 2 N–H and O–H groups in total. The van der Waals surface area contributed by atoms with Crippen molar-refractivity contribution < 1.29 is 23.4 Å². The second-order valence-corrected chi connectivity index (χ2v) is 7.71. The molecule has 9 heteroatoms. The number of nitrogens with zero attached hydrogens (tertiary/aromatic N) is 2. The smallest absolute Gasteiger partial charge is 0.409 e. The Kier molecular flexibility index (Phi) is 7.37. The average molecular weight is 443 g/mol. The number of nitrogens with one attached hydrogen (secondary N) is 2. The first-order valence-corrected chi connectivity index (χ1v) is 11.1. The highest BCUT2D eigenvalue weighted by Crippen LogP contribution is 2.32. The lowest BCUT2D eigenvalue weighted by molar-refractivity contribution is 0.0963. The van der Waals surface area contributed by atoms with Crippen LogP contribution in [0.4, 0.5) is 4.79 Å². The zero-order valence-electron chi connectivity index (χ0n) is 18.3. The van der Waals surface area contributed by atoms with Gasteiger partial charge in [-0.2, -0.15) is 0 Å². The Balaban J connectivity index is 1.35. The number of guanidine groups is 1. The number of fused-ring (bicyclic) bond motifs is 1. The molecule has 0 bridgehead atoms. The van der Waals surface area contributed by atoms with Gasteiger partial charge in [-0.3, -0.25) is 0 Å². The zero-order chi connectivity index (χ0) is 22.2. The van der Waals surface area contributed by atoms with Crippen LogP contribution in [0.2, 0.25) is 0 Å². The monoisotopic (exact) mass is 442 g/mol. The Morgan fingerprint density at radius 3 is 2.84 bits per heavy atom. The maximum Gasteiger partial charge on any atom is 0.409 e. The minimum Gasteiger partial charge on any atom is -0.469 e. The van der Waals surface area contributed by atoms with Crippen molar-refractivity contribution in [2.24, 2.45) is 4.99 Å². The third-order valence-corrected chi connectivity index (χ3v) is 5.46. The number of hydrogen-bond donors (Lipinski definition) is 2. The van der Waals surface area contributed by atoms with Gasteiger partial charge in [0.25, 0.3) is 0 Å². The van der Waals surface area contributed by atoms with Gasteiger partial charge in [0.05, 0.1) is 19.4 Å². The van der Waals surface area contributed by atoms with Crippen LogP contribution in [0.25, 0.3) is 0 Å². The molecule has 32 heavy (non-hydrogen) atoms. The molecular weight excluding hydrogens is 412 g/mol. The van der Waals surface area contributed by atoms with Crippen LogP contribution in [-0.2, 0) is 17.7 Å². The van der Waals surface area contributed by atoms with Crippen molar-refractivity contribution in [1.29, 1.82) is 0 Å². The molecule has 0 unspecified atom stereocenters. The van der Waals surface area contributed by atoms with E-state index in [4.69, 9.17) is 23.6 Å². The number of piperidine rings is 1. The fraction of sp³-hybridized carbons (Fsp3) is 0.478. The summed E-state index contributed by atoms with van der Waals surface area (Å²) in [6.07, 6.45) is 3.88. The van der Waals surface area contributed by atoms with Crippen LogP contribution in [0, 0.1) is 0 Å². The van der Waals surface area contributed by atoms with Gasteiger partial charge in [-0.25, -0.2) is 9.79 Å².